The number of Topliss-reactive ketones (excluding diaryl/α,β-unsaturated/α-hetero) is 1. The second kappa shape index (κ2) is 14.3. The smallest absolute Gasteiger partial charge is 0.344 e. The van der Waals surface area contributed by atoms with Crippen molar-refractivity contribution in [3.8, 4) is 0 Å². The number of amides is 1. The molecule has 60 heavy (non-hydrogen) atoms. The van der Waals surface area contributed by atoms with E-state index in [2.05, 4.69) is 14.8 Å². The predicted molar refractivity (Wildman–Crippen MR) is 220 cm³/mol. The summed E-state index contributed by atoms with van der Waals surface area (Å²) in [6.07, 6.45) is 5.44. The maximum atomic E-state index is 15.3. The van der Waals surface area contributed by atoms with Crippen LogP contribution >= 0.6 is 0 Å². The van der Waals surface area contributed by atoms with Crippen LogP contribution in [0.25, 0.3) is 10.9 Å². The van der Waals surface area contributed by atoms with Gasteiger partial charge in [0.1, 0.15) is 6.61 Å². The highest BCUT2D eigenvalue weighted by Gasteiger charge is 2.81. The number of piperidine rings is 1. The highest BCUT2D eigenvalue weighted by Crippen LogP contribution is 2.68. The predicted octanol–water partition coefficient (Wildman–Crippen LogP) is 2.39. The number of aromatic nitrogens is 1. The molecule has 1 unspecified atom stereocenters. The Bertz CT molecular complexity index is 2310. The number of rotatable bonds is 9. The standard InChI is InChI=1S/C46H56N4O10/c1-5-42(57)20-28-21-45(36(55)24-52,37-31(12-16-48(22-28)25-42)30-10-7-8-11-34(30)47-37)32-19-33-35(18-29(32)23-51)50(26-53)39-44(33)14-17-49-15-9-13-43(6-2,38(44)49)40(60-27(3)54)46(39,58)41(56)59-4/h7-11,13,18-19,26,28,38-40,47,51-52,57-58H,5-6,12,14-17,20-25H2,1-4H3/t28-,38+,39-,40-,42+,43-,44-,45-,46+/m1/s1. The number of ketones is 1. The third-order valence-corrected chi connectivity index (χ3v) is 15.7. The van der Waals surface area contributed by atoms with Gasteiger partial charge in [-0.15, -0.1) is 0 Å². The van der Waals surface area contributed by atoms with Crippen molar-refractivity contribution in [3.05, 3.63) is 76.5 Å². The molecular weight excluding hydrogens is 769 g/mol. The van der Waals surface area contributed by atoms with Crippen LogP contribution < -0.4 is 4.90 Å². The van der Waals surface area contributed by atoms with Gasteiger partial charge < -0.3 is 39.8 Å². The lowest BCUT2D eigenvalue weighted by atomic mass is 9.47. The van der Waals surface area contributed by atoms with Crippen molar-refractivity contribution in [2.45, 2.75) is 106 Å². The molecule has 1 saturated carbocycles. The molecule has 6 aliphatic rings. The lowest BCUT2D eigenvalue weighted by Gasteiger charge is -2.63. The van der Waals surface area contributed by atoms with Crippen molar-refractivity contribution in [1.82, 2.24) is 14.8 Å². The zero-order valence-electron chi connectivity index (χ0n) is 34.8. The van der Waals surface area contributed by atoms with Crippen LogP contribution in [0, 0.1) is 11.3 Å². The average Bonchev–Trinajstić information content (AvgIpc) is 3.92. The number of esters is 2. The van der Waals surface area contributed by atoms with Gasteiger partial charge in [-0.25, -0.2) is 4.79 Å². The first-order chi connectivity index (χ1) is 28.8. The fourth-order valence-electron chi connectivity index (χ4n) is 13.5. The van der Waals surface area contributed by atoms with Gasteiger partial charge in [-0.3, -0.25) is 24.2 Å². The van der Waals surface area contributed by atoms with Crippen molar-refractivity contribution < 1.29 is 49.1 Å². The van der Waals surface area contributed by atoms with E-state index in [1.54, 1.807) is 6.07 Å². The molecule has 5 N–H and O–H groups in total. The number of aliphatic hydroxyl groups is 4. The fraction of sp³-hybridized carbons (Fsp3) is 0.565. The molecule has 2 aromatic carbocycles. The Morgan fingerprint density at radius 3 is 2.48 bits per heavy atom. The molecule has 14 heteroatoms. The number of anilines is 1. The first-order valence-corrected chi connectivity index (χ1v) is 21.4. The summed E-state index contributed by atoms with van der Waals surface area (Å²) in [6.45, 7) is 6.54. The summed E-state index contributed by atoms with van der Waals surface area (Å²) in [5, 5.41) is 48.7. The maximum Gasteiger partial charge on any atom is 0.344 e. The van der Waals surface area contributed by atoms with Gasteiger partial charge in [-0.2, -0.15) is 0 Å². The van der Waals surface area contributed by atoms with E-state index in [4.69, 9.17) is 9.47 Å². The van der Waals surface area contributed by atoms with Crippen LogP contribution in [0.1, 0.15) is 80.8 Å². The number of carbonyl (C=O) groups excluding carboxylic acids is 4. The van der Waals surface area contributed by atoms with E-state index in [-0.39, 0.29) is 12.3 Å². The van der Waals surface area contributed by atoms with Crippen molar-refractivity contribution >= 4 is 40.7 Å². The molecule has 14 nitrogen and oxygen atoms in total. The number of nitrogens with zero attached hydrogens (tertiary/aromatic N) is 3. The Morgan fingerprint density at radius 1 is 1.02 bits per heavy atom. The molecule has 9 rings (SSSR count). The molecule has 320 valence electrons. The minimum atomic E-state index is -2.57. The van der Waals surface area contributed by atoms with Crippen LogP contribution in [-0.4, -0.2) is 135 Å². The van der Waals surface area contributed by atoms with Gasteiger partial charge in [0.2, 0.25) is 12.0 Å². The quantitative estimate of drug-likeness (QED) is 0.121. The van der Waals surface area contributed by atoms with Gasteiger partial charge >= 0.3 is 11.9 Å². The summed E-state index contributed by atoms with van der Waals surface area (Å²) in [5.41, 5.74) is -3.39. The summed E-state index contributed by atoms with van der Waals surface area (Å²) in [7, 11) is 1.15. The topological polar surface area (TPSA) is 193 Å². The molecule has 1 spiro atoms. The Kier molecular flexibility index (Phi) is 9.77. The highest BCUT2D eigenvalue weighted by molar-refractivity contribution is 5.99. The summed E-state index contributed by atoms with van der Waals surface area (Å²) in [6, 6.07) is 9.62. The van der Waals surface area contributed by atoms with Crippen LogP contribution in [0.5, 0.6) is 0 Å². The molecule has 2 bridgehead atoms. The number of benzene rings is 2. The van der Waals surface area contributed by atoms with E-state index >= 15 is 4.79 Å². The number of hydrogen-bond donors (Lipinski definition) is 5. The van der Waals surface area contributed by atoms with Crippen molar-refractivity contribution in [2.24, 2.45) is 11.3 Å². The number of aromatic amines is 1. The Labute approximate surface area is 349 Å². The maximum absolute atomic E-state index is 15.3. The molecule has 3 aromatic rings. The molecule has 2 saturated heterocycles. The first-order valence-electron chi connectivity index (χ1n) is 21.4. The van der Waals surface area contributed by atoms with Crippen LogP contribution in [0.4, 0.5) is 5.69 Å². The number of para-hydroxylation sites is 1. The second-order valence-corrected chi connectivity index (χ2v) is 18.3. The molecule has 3 fully saturated rings. The first kappa shape index (κ1) is 40.9. The van der Waals surface area contributed by atoms with Crippen LogP contribution in [0.3, 0.4) is 0 Å². The largest absolute Gasteiger partial charge is 0.467 e. The minimum Gasteiger partial charge on any atom is -0.467 e. The summed E-state index contributed by atoms with van der Waals surface area (Å²) in [5.74, 6) is -2.46. The number of H-pyrrole nitrogens is 1. The number of hydrogen-bond acceptors (Lipinski definition) is 12. The number of fused-ring (bicyclic) bond motifs is 6. The molecule has 1 aliphatic carbocycles. The van der Waals surface area contributed by atoms with Gasteiger partial charge in [0.05, 0.1) is 30.8 Å². The van der Waals surface area contributed by atoms with Crippen LogP contribution in [0.15, 0.2) is 48.6 Å². The van der Waals surface area contributed by atoms with Crippen LogP contribution in [0.2, 0.25) is 0 Å². The van der Waals surface area contributed by atoms with Gasteiger partial charge in [0.25, 0.3) is 0 Å². The SMILES string of the molecule is CC[C@]1(O)C[C@H]2CN(CCc3c([nH]c4ccccc34)[C@@](C(=O)CO)(c3cc4c(cc3CO)N(C=O)[C@H]3[C@@](O)(C(=O)OC)[C@H](OC(C)=O)[C@]5(CC)C=CCN6CC[C@]43[C@@H]65)C2)C1. The molecule has 5 aliphatic heterocycles. The Morgan fingerprint density at radius 2 is 1.80 bits per heavy atom. The number of aliphatic hydroxyl groups excluding tert-OH is 2. The number of nitrogens with one attached hydrogen (secondary N) is 1. The third kappa shape index (κ3) is 5.27. The number of carbonyl (C=O) groups is 4. The molecule has 6 heterocycles. The highest BCUT2D eigenvalue weighted by atomic mass is 16.6. The van der Waals surface area contributed by atoms with Crippen molar-refractivity contribution in [1.29, 1.82) is 0 Å². The third-order valence-electron chi connectivity index (χ3n) is 15.7. The van der Waals surface area contributed by atoms with Gasteiger partial charge in [-0.05, 0) is 85.4 Å². The van der Waals surface area contributed by atoms with E-state index in [0.717, 1.165) is 23.6 Å². The van der Waals surface area contributed by atoms with E-state index in [0.29, 0.717) is 99.3 Å². The zero-order chi connectivity index (χ0) is 42.6. The molecular formula is C46H56N4O10. The molecule has 1 amide bonds. The molecule has 1 aromatic heterocycles. The molecule has 0 radical (unpaired) electrons. The fourth-order valence-corrected chi connectivity index (χ4v) is 13.5. The van der Waals surface area contributed by atoms with E-state index in [9.17, 15) is 34.8 Å². The Hall–Kier alpha value is -4.44. The van der Waals surface area contributed by atoms with Crippen molar-refractivity contribution in [2.75, 3.05) is 51.3 Å². The van der Waals surface area contributed by atoms with Gasteiger partial charge in [0.15, 0.2) is 11.9 Å². The van der Waals surface area contributed by atoms with E-state index < -0.39 is 76.6 Å². The Balaban J connectivity index is 1.38. The summed E-state index contributed by atoms with van der Waals surface area (Å²) < 4.78 is 11.4. The monoisotopic (exact) mass is 824 g/mol. The van der Waals surface area contributed by atoms with Crippen LogP contribution in [-0.2, 0) is 52.5 Å². The lowest BCUT2D eigenvalue weighted by Crippen LogP contribution is -2.81. The van der Waals surface area contributed by atoms with Gasteiger partial charge in [-0.1, -0.05) is 50.3 Å². The zero-order valence-corrected chi connectivity index (χ0v) is 34.8. The summed E-state index contributed by atoms with van der Waals surface area (Å²) >= 11 is 0. The normalized spacial score (nSPS) is 36.6. The minimum absolute atomic E-state index is 0.197. The number of methoxy groups -OCH3 is 1. The summed E-state index contributed by atoms with van der Waals surface area (Å²) in [4.78, 5) is 65.8. The number of ether oxygens (including phenoxy) is 2. The lowest BCUT2D eigenvalue weighted by molar-refractivity contribution is -0.228. The van der Waals surface area contributed by atoms with Gasteiger partial charge in [0, 0.05) is 72.3 Å². The van der Waals surface area contributed by atoms with E-state index in [1.807, 2.05) is 56.3 Å². The van der Waals surface area contributed by atoms with E-state index in [1.165, 1.54) is 11.8 Å². The molecule has 10 atom stereocenters. The average molecular weight is 825 g/mol. The second-order valence-electron chi connectivity index (χ2n) is 18.3. The van der Waals surface area contributed by atoms with Crippen molar-refractivity contribution in [3.63, 3.8) is 0 Å².